The Morgan fingerprint density at radius 3 is 2.73 bits per heavy atom. The summed E-state index contributed by atoms with van der Waals surface area (Å²) in [5.41, 5.74) is 1.43. The fourth-order valence-electron chi connectivity index (χ4n) is 2.36. The van der Waals surface area contributed by atoms with Gasteiger partial charge >= 0.3 is 0 Å². The molecular formula is C19H17Cl2N3O2. The van der Waals surface area contributed by atoms with Crippen LogP contribution in [-0.4, -0.2) is 17.4 Å². The highest BCUT2D eigenvalue weighted by Gasteiger charge is 2.07. The molecule has 1 amide bonds. The molecule has 3 aromatic rings. The molecule has 3 rings (SSSR count). The van der Waals surface area contributed by atoms with Crippen LogP contribution in [0.2, 0.25) is 10.0 Å². The van der Waals surface area contributed by atoms with Crippen molar-refractivity contribution in [3.63, 3.8) is 0 Å². The average molecular weight is 390 g/mol. The van der Waals surface area contributed by atoms with E-state index in [0.717, 1.165) is 11.3 Å². The van der Waals surface area contributed by atoms with Crippen molar-refractivity contribution in [3.05, 3.63) is 81.9 Å². The molecule has 0 aliphatic heterocycles. The third kappa shape index (κ3) is 5.00. The minimum Gasteiger partial charge on any atom is -0.467 e. The van der Waals surface area contributed by atoms with Gasteiger partial charge in [0.05, 0.1) is 18.4 Å². The second-order valence-electron chi connectivity index (χ2n) is 5.61. The van der Waals surface area contributed by atoms with E-state index in [9.17, 15) is 4.79 Å². The minimum absolute atomic E-state index is 0.180. The summed E-state index contributed by atoms with van der Waals surface area (Å²) in [6.07, 6.45) is 3.78. The molecule has 2 aromatic heterocycles. The molecule has 7 heteroatoms. The molecule has 134 valence electrons. The summed E-state index contributed by atoms with van der Waals surface area (Å²) in [5, 5.41) is 7.17. The lowest BCUT2D eigenvalue weighted by Crippen LogP contribution is -2.25. The van der Waals surface area contributed by atoms with Gasteiger partial charge in [0.15, 0.2) is 0 Å². The first-order valence-corrected chi connectivity index (χ1v) is 8.82. The average Bonchev–Trinajstić information content (AvgIpc) is 3.16. The van der Waals surface area contributed by atoms with Crippen LogP contribution in [0.15, 0.2) is 59.3 Å². The molecule has 0 atom stereocenters. The van der Waals surface area contributed by atoms with Crippen molar-refractivity contribution in [1.29, 1.82) is 0 Å². The van der Waals surface area contributed by atoms with Crippen molar-refractivity contribution in [1.82, 2.24) is 10.3 Å². The predicted molar refractivity (Wildman–Crippen MR) is 103 cm³/mol. The molecule has 26 heavy (non-hydrogen) atoms. The molecule has 0 bridgehead atoms. The molecule has 0 spiro atoms. The van der Waals surface area contributed by atoms with Gasteiger partial charge in [0, 0.05) is 22.8 Å². The maximum atomic E-state index is 12.2. The van der Waals surface area contributed by atoms with Crippen molar-refractivity contribution >= 4 is 34.9 Å². The molecule has 0 saturated heterocycles. The van der Waals surface area contributed by atoms with Crippen molar-refractivity contribution in [2.45, 2.75) is 13.0 Å². The molecule has 0 radical (unpaired) electrons. The lowest BCUT2D eigenvalue weighted by atomic mass is 10.1. The number of carbonyl (C=O) groups is 1. The van der Waals surface area contributed by atoms with Crippen molar-refractivity contribution in [3.8, 4) is 0 Å². The van der Waals surface area contributed by atoms with E-state index in [0.29, 0.717) is 40.9 Å². The highest BCUT2D eigenvalue weighted by atomic mass is 35.5. The van der Waals surface area contributed by atoms with E-state index < -0.39 is 0 Å². The number of hydrogen-bond donors (Lipinski definition) is 2. The van der Waals surface area contributed by atoms with E-state index in [1.54, 1.807) is 30.5 Å². The summed E-state index contributed by atoms with van der Waals surface area (Å²) < 4.78 is 5.24. The fourth-order valence-corrected chi connectivity index (χ4v) is 2.86. The lowest BCUT2D eigenvalue weighted by Gasteiger charge is -2.08. The van der Waals surface area contributed by atoms with Crippen LogP contribution in [0.5, 0.6) is 0 Å². The number of benzene rings is 1. The van der Waals surface area contributed by atoms with Gasteiger partial charge in [-0.3, -0.25) is 4.79 Å². The van der Waals surface area contributed by atoms with E-state index in [1.807, 2.05) is 18.2 Å². The Labute approximate surface area is 161 Å². The van der Waals surface area contributed by atoms with E-state index in [1.165, 1.54) is 6.20 Å². The predicted octanol–water partition coefficient (Wildman–Crippen LogP) is 4.57. The summed E-state index contributed by atoms with van der Waals surface area (Å²) in [6, 6.07) is 12.5. The number of amides is 1. The van der Waals surface area contributed by atoms with Gasteiger partial charge in [0.2, 0.25) is 0 Å². The van der Waals surface area contributed by atoms with Crippen LogP contribution >= 0.6 is 23.2 Å². The fraction of sp³-hybridized carbons (Fsp3) is 0.158. The van der Waals surface area contributed by atoms with Gasteiger partial charge < -0.3 is 15.1 Å². The van der Waals surface area contributed by atoms with Crippen molar-refractivity contribution in [2.75, 3.05) is 11.9 Å². The van der Waals surface area contributed by atoms with Crippen LogP contribution in [0, 0.1) is 0 Å². The minimum atomic E-state index is -0.180. The molecular weight excluding hydrogens is 373 g/mol. The van der Waals surface area contributed by atoms with Gasteiger partial charge in [-0.15, -0.1) is 0 Å². The number of carbonyl (C=O) groups excluding carboxylic acids is 1. The molecule has 0 saturated carbocycles. The number of nitrogens with zero attached hydrogens (tertiary/aromatic N) is 1. The second-order valence-corrected chi connectivity index (χ2v) is 6.45. The number of furan rings is 1. The molecule has 0 fully saturated rings. The molecule has 0 aliphatic carbocycles. The summed E-state index contributed by atoms with van der Waals surface area (Å²) in [5.74, 6) is 1.31. The Hall–Kier alpha value is -2.50. The first-order chi connectivity index (χ1) is 12.6. The van der Waals surface area contributed by atoms with Gasteiger partial charge in [-0.1, -0.05) is 29.3 Å². The summed E-state index contributed by atoms with van der Waals surface area (Å²) >= 11 is 12.0. The number of nitrogens with one attached hydrogen (secondary N) is 2. The summed E-state index contributed by atoms with van der Waals surface area (Å²) in [6.45, 7) is 1.01. The standard InChI is InChI=1S/C19H17Cl2N3O2/c20-15-5-3-13(17(21)10-15)7-8-22-19(25)14-4-6-18(23-11-14)24-12-16-2-1-9-26-16/h1-6,9-11H,7-8,12H2,(H,22,25)(H,23,24). The van der Waals surface area contributed by atoms with Crippen molar-refractivity contribution < 1.29 is 9.21 Å². The number of aromatic nitrogens is 1. The zero-order valence-corrected chi connectivity index (χ0v) is 15.3. The Kier molecular flexibility index (Phi) is 6.15. The quantitative estimate of drug-likeness (QED) is 0.621. The molecule has 5 nitrogen and oxygen atoms in total. The van der Waals surface area contributed by atoms with E-state index in [-0.39, 0.29) is 5.91 Å². The SMILES string of the molecule is O=C(NCCc1ccc(Cl)cc1Cl)c1ccc(NCc2ccco2)nc1. The Bertz CT molecular complexity index is 865. The molecule has 0 aliphatic rings. The first-order valence-electron chi connectivity index (χ1n) is 8.06. The van der Waals surface area contributed by atoms with Crippen LogP contribution in [-0.2, 0) is 13.0 Å². The normalized spacial score (nSPS) is 10.5. The zero-order chi connectivity index (χ0) is 18.4. The van der Waals surface area contributed by atoms with Gasteiger partial charge in [0.1, 0.15) is 11.6 Å². The topological polar surface area (TPSA) is 67.2 Å². The number of pyridine rings is 1. The van der Waals surface area contributed by atoms with Crippen LogP contribution in [0.4, 0.5) is 5.82 Å². The molecule has 1 aromatic carbocycles. The largest absolute Gasteiger partial charge is 0.467 e. The van der Waals surface area contributed by atoms with Crippen LogP contribution in [0.1, 0.15) is 21.7 Å². The Morgan fingerprint density at radius 2 is 2.04 bits per heavy atom. The smallest absolute Gasteiger partial charge is 0.252 e. The maximum absolute atomic E-state index is 12.2. The number of hydrogen-bond acceptors (Lipinski definition) is 4. The van der Waals surface area contributed by atoms with E-state index >= 15 is 0 Å². The van der Waals surface area contributed by atoms with Gasteiger partial charge in [0.25, 0.3) is 5.91 Å². The molecule has 2 heterocycles. The van der Waals surface area contributed by atoms with Gasteiger partial charge in [-0.2, -0.15) is 0 Å². The molecule has 0 unspecified atom stereocenters. The van der Waals surface area contributed by atoms with Gasteiger partial charge in [-0.25, -0.2) is 4.98 Å². The summed E-state index contributed by atoms with van der Waals surface area (Å²) in [4.78, 5) is 16.4. The highest BCUT2D eigenvalue weighted by Crippen LogP contribution is 2.21. The monoisotopic (exact) mass is 389 g/mol. The summed E-state index contributed by atoms with van der Waals surface area (Å²) in [7, 11) is 0. The maximum Gasteiger partial charge on any atom is 0.252 e. The second kappa shape index (κ2) is 8.74. The van der Waals surface area contributed by atoms with Crippen LogP contribution in [0.3, 0.4) is 0 Å². The van der Waals surface area contributed by atoms with E-state index in [4.69, 9.17) is 27.6 Å². The zero-order valence-electron chi connectivity index (χ0n) is 13.8. The van der Waals surface area contributed by atoms with Crippen LogP contribution < -0.4 is 10.6 Å². The Morgan fingerprint density at radius 1 is 1.15 bits per heavy atom. The lowest BCUT2D eigenvalue weighted by molar-refractivity contribution is 0.0954. The van der Waals surface area contributed by atoms with Crippen molar-refractivity contribution in [2.24, 2.45) is 0 Å². The van der Waals surface area contributed by atoms with Gasteiger partial charge in [-0.05, 0) is 48.4 Å². The number of halogens is 2. The number of anilines is 1. The Balaban J connectivity index is 1.48. The van der Waals surface area contributed by atoms with Crippen LogP contribution in [0.25, 0.3) is 0 Å². The first kappa shape index (κ1) is 18.3. The highest BCUT2D eigenvalue weighted by molar-refractivity contribution is 6.35. The third-order valence-electron chi connectivity index (χ3n) is 3.74. The number of rotatable bonds is 7. The molecule has 2 N–H and O–H groups in total. The third-order valence-corrected chi connectivity index (χ3v) is 4.33. The van der Waals surface area contributed by atoms with E-state index in [2.05, 4.69) is 15.6 Å².